The predicted molar refractivity (Wildman–Crippen MR) is 135 cm³/mol. The van der Waals surface area contributed by atoms with Gasteiger partial charge in [0.15, 0.2) is 0 Å². The third kappa shape index (κ3) is 7.94. The summed E-state index contributed by atoms with van der Waals surface area (Å²) in [7, 11) is 0. The van der Waals surface area contributed by atoms with Crippen molar-refractivity contribution in [1.29, 1.82) is 0 Å². The molecule has 1 aromatic carbocycles. The fraction of sp³-hybridized carbons (Fsp3) is 0.615. The standard InChI is InChI=1S/C26H40N6O2/c1-21(2)17-30-13-7-5-4-6-8-15-32(22(3)33)25-11-10-23(16-24(25)18-30)26(34)28-12-9-14-31-20-27-19-29-31/h10-11,16,19-21H,4-9,12-15,17-18H2,1-3H3,(H,28,34). The molecule has 0 fully saturated rings. The lowest BCUT2D eigenvalue weighted by Crippen LogP contribution is -2.34. The maximum atomic E-state index is 12.9. The minimum atomic E-state index is -0.0858. The minimum absolute atomic E-state index is 0.0547. The molecule has 0 spiro atoms. The Labute approximate surface area is 203 Å². The first-order valence-electron chi connectivity index (χ1n) is 12.7. The number of fused-ring (bicyclic) bond motifs is 1. The van der Waals surface area contributed by atoms with Gasteiger partial charge < -0.3 is 10.2 Å². The average Bonchev–Trinajstić information content (AvgIpc) is 3.30. The van der Waals surface area contributed by atoms with E-state index < -0.39 is 0 Å². The van der Waals surface area contributed by atoms with Gasteiger partial charge in [-0.3, -0.25) is 19.2 Å². The number of hydrogen-bond donors (Lipinski definition) is 1. The lowest BCUT2D eigenvalue weighted by atomic mass is 10.0. The van der Waals surface area contributed by atoms with E-state index in [0.717, 1.165) is 56.7 Å². The summed E-state index contributed by atoms with van der Waals surface area (Å²) in [6.07, 6.45) is 9.72. The highest BCUT2D eigenvalue weighted by Gasteiger charge is 2.20. The zero-order chi connectivity index (χ0) is 24.3. The van der Waals surface area contributed by atoms with Gasteiger partial charge >= 0.3 is 0 Å². The Bertz CT molecular complexity index is 912. The average molecular weight is 469 g/mol. The molecular formula is C26H40N6O2. The Balaban J connectivity index is 1.78. The summed E-state index contributed by atoms with van der Waals surface area (Å²) in [6, 6.07) is 5.79. The topological polar surface area (TPSA) is 83.4 Å². The molecule has 0 atom stereocenters. The molecular weight excluding hydrogens is 428 g/mol. The molecule has 2 amide bonds. The third-order valence-corrected chi connectivity index (χ3v) is 6.20. The number of carbonyl (C=O) groups is 2. The van der Waals surface area contributed by atoms with Crippen LogP contribution in [0.15, 0.2) is 30.9 Å². The fourth-order valence-electron chi connectivity index (χ4n) is 4.59. The summed E-state index contributed by atoms with van der Waals surface area (Å²) < 4.78 is 1.76. The van der Waals surface area contributed by atoms with Crippen molar-refractivity contribution in [2.45, 2.75) is 72.4 Å². The van der Waals surface area contributed by atoms with Crippen LogP contribution in [0.2, 0.25) is 0 Å². The number of amides is 2. The van der Waals surface area contributed by atoms with Gasteiger partial charge in [-0.15, -0.1) is 0 Å². The highest BCUT2D eigenvalue weighted by molar-refractivity contribution is 5.97. The lowest BCUT2D eigenvalue weighted by Gasteiger charge is -2.30. The maximum absolute atomic E-state index is 12.9. The summed E-state index contributed by atoms with van der Waals surface area (Å²) in [5.41, 5.74) is 2.62. The second kappa shape index (κ2) is 13.2. The molecule has 2 heterocycles. The summed E-state index contributed by atoms with van der Waals surface area (Å²) in [6.45, 7) is 10.9. The largest absolute Gasteiger partial charge is 0.352 e. The van der Waals surface area contributed by atoms with Crippen LogP contribution in [0.3, 0.4) is 0 Å². The second-order valence-corrected chi connectivity index (χ2v) is 9.68. The van der Waals surface area contributed by atoms with Crippen LogP contribution in [0.5, 0.6) is 0 Å². The van der Waals surface area contributed by atoms with Crippen molar-refractivity contribution in [2.24, 2.45) is 5.92 Å². The number of aryl methyl sites for hydroxylation is 1. The first kappa shape index (κ1) is 25.9. The normalized spacial score (nSPS) is 15.9. The number of carbonyl (C=O) groups excluding carboxylic acids is 2. The quantitative estimate of drug-likeness (QED) is 0.624. The van der Waals surface area contributed by atoms with Gasteiger partial charge in [0.05, 0.1) is 0 Å². The number of nitrogens with one attached hydrogen (secondary N) is 1. The number of benzene rings is 1. The van der Waals surface area contributed by atoms with E-state index in [1.165, 1.54) is 25.6 Å². The number of hydrogen-bond acceptors (Lipinski definition) is 5. The molecule has 1 aliphatic heterocycles. The minimum Gasteiger partial charge on any atom is -0.352 e. The first-order valence-corrected chi connectivity index (χ1v) is 12.7. The van der Waals surface area contributed by atoms with E-state index >= 15 is 0 Å². The Morgan fingerprint density at radius 2 is 1.85 bits per heavy atom. The van der Waals surface area contributed by atoms with Gasteiger partial charge in [0.1, 0.15) is 12.7 Å². The first-order chi connectivity index (χ1) is 16.4. The van der Waals surface area contributed by atoms with E-state index in [4.69, 9.17) is 0 Å². The molecule has 1 aliphatic rings. The van der Waals surface area contributed by atoms with E-state index in [-0.39, 0.29) is 11.8 Å². The summed E-state index contributed by atoms with van der Waals surface area (Å²) in [4.78, 5) is 33.8. The molecule has 186 valence electrons. The van der Waals surface area contributed by atoms with E-state index in [0.29, 0.717) is 24.6 Å². The van der Waals surface area contributed by atoms with Gasteiger partial charge in [-0.05, 0) is 55.5 Å². The zero-order valence-corrected chi connectivity index (χ0v) is 21.0. The molecule has 0 saturated heterocycles. The molecule has 0 radical (unpaired) electrons. The zero-order valence-electron chi connectivity index (χ0n) is 21.0. The molecule has 8 heteroatoms. The molecule has 0 saturated carbocycles. The van der Waals surface area contributed by atoms with Crippen molar-refractivity contribution in [1.82, 2.24) is 25.0 Å². The number of nitrogens with zero attached hydrogens (tertiary/aromatic N) is 5. The van der Waals surface area contributed by atoms with Crippen LogP contribution in [0.25, 0.3) is 0 Å². The van der Waals surface area contributed by atoms with Crippen LogP contribution < -0.4 is 10.2 Å². The van der Waals surface area contributed by atoms with Crippen molar-refractivity contribution < 1.29 is 9.59 Å². The van der Waals surface area contributed by atoms with E-state index in [1.807, 2.05) is 23.1 Å². The molecule has 34 heavy (non-hydrogen) atoms. The molecule has 8 nitrogen and oxygen atoms in total. The molecule has 0 aliphatic carbocycles. The van der Waals surface area contributed by atoms with E-state index in [2.05, 4.69) is 34.1 Å². The highest BCUT2D eigenvalue weighted by Crippen LogP contribution is 2.26. The fourth-order valence-corrected chi connectivity index (χ4v) is 4.59. The van der Waals surface area contributed by atoms with Gasteiger partial charge in [0, 0.05) is 50.9 Å². The molecule has 0 bridgehead atoms. The third-order valence-electron chi connectivity index (χ3n) is 6.20. The van der Waals surface area contributed by atoms with Crippen LogP contribution in [0.1, 0.15) is 75.2 Å². The highest BCUT2D eigenvalue weighted by atomic mass is 16.2. The van der Waals surface area contributed by atoms with Gasteiger partial charge in [-0.2, -0.15) is 5.10 Å². The molecule has 2 aromatic rings. The predicted octanol–water partition coefficient (Wildman–Crippen LogP) is 3.87. The maximum Gasteiger partial charge on any atom is 0.251 e. The van der Waals surface area contributed by atoms with Crippen molar-refractivity contribution in [3.8, 4) is 0 Å². The Morgan fingerprint density at radius 1 is 1.09 bits per heavy atom. The summed E-state index contributed by atoms with van der Waals surface area (Å²) in [5.74, 6) is 0.521. The van der Waals surface area contributed by atoms with Crippen LogP contribution >= 0.6 is 0 Å². The summed E-state index contributed by atoms with van der Waals surface area (Å²) >= 11 is 0. The molecule has 1 aromatic heterocycles. The van der Waals surface area contributed by atoms with Gasteiger partial charge in [0.25, 0.3) is 5.91 Å². The van der Waals surface area contributed by atoms with Gasteiger partial charge in [-0.1, -0.05) is 33.1 Å². The van der Waals surface area contributed by atoms with Gasteiger partial charge in [-0.25, -0.2) is 4.98 Å². The molecule has 3 rings (SSSR count). The molecule has 1 N–H and O–H groups in total. The second-order valence-electron chi connectivity index (χ2n) is 9.68. The number of rotatable bonds is 7. The van der Waals surface area contributed by atoms with E-state index in [1.54, 1.807) is 17.9 Å². The SMILES string of the molecule is CC(=O)N1CCCCCCCN(CC(C)C)Cc2cc(C(=O)NCCCn3cncn3)ccc21. The van der Waals surface area contributed by atoms with Crippen LogP contribution in [-0.2, 0) is 17.9 Å². The Morgan fingerprint density at radius 3 is 2.56 bits per heavy atom. The van der Waals surface area contributed by atoms with E-state index in [9.17, 15) is 9.59 Å². The van der Waals surface area contributed by atoms with Crippen molar-refractivity contribution in [2.75, 3.05) is 31.1 Å². The van der Waals surface area contributed by atoms with Crippen molar-refractivity contribution in [3.63, 3.8) is 0 Å². The van der Waals surface area contributed by atoms with Crippen LogP contribution in [-0.4, -0.2) is 57.7 Å². The number of anilines is 1. The monoisotopic (exact) mass is 468 g/mol. The Kier molecular flexibility index (Phi) is 10.1. The van der Waals surface area contributed by atoms with Crippen LogP contribution in [0, 0.1) is 5.92 Å². The van der Waals surface area contributed by atoms with Crippen LogP contribution in [0.4, 0.5) is 5.69 Å². The smallest absolute Gasteiger partial charge is 0.251 e. The van der Waals surface area contributed by atoms with Crippen molar-refractivity contribution in [3.05, 3.63) is 42.0 Å². The van der Waals surface area contributed by atoms with Gasteiger partial charge in [0.2, 0.25) is 5.91 Å². The number of aromatic nitrogens is 3. The Hall–Kier alpha value is -2.74. The van der Waals surface area contributed by atoms with Crippen molar-refractivity contribution >= 4 is 17.5 Å². The lowest BCUT2D eigenvalue weighted by molar-refractivity contribution is -0.116. The molecule has 0 unspecified atom stereocenters. The summed E-state index contributed by atoms with van der Waals surface area (Å²) in [5, 5.41) is 7.11.